The van der Waals surface area contributed by atoms with E-state index in [1.165, 1.54) is 22.2 Å². The van der Waals surface area contributed by atoms with Crippen LogP contribution in [0.1, 0.15) is 37.4 Å². The zero-order valence-corrected chi connectivity index (χ0v) is 14.6. The van der Waals surface area contributed by atoms with Crippen LogP contribution in [0.25, 0.3) is 10.9 Å². The predicted octanol–water partition coefficient (Wildman–Crippen LogP) is 3.70. The van der Waals surface area contributed by atoms with E-state index in [0.717, 1.165) is 18.1 Å². The quantitative estimate of drug-likeness (QED) is 0.753. The Morgan fingerprint density at radius 1 is 1.32 bits per heavy atom. The van der Waals surface area contributed by atoms with Crippen LogP contribution in [0, 0.1) is 18.3 Å². The summed E-state index contributed by atoms with van der Waals surface area (Å²) >= 11 is 5.15. The maximum Gasteiger partial charge on any atom is 0.166 e. The lowest BCUT2D eigenvalue weighted by Crippen LogP contribution is -2.33. The minimum atomic E-state index is 0.360. The molecule has 0 amide bonds. The Morgan fingerprint density at radius 2 is 2.05 bits per heavy atom. The van der Waals surface area contributed by atoms with Crippen molar-refractivity contribution in [3.8, 4) is 0 Å². The summed E-state index contributed by atoms with van der Waals surface area (Å²) in [5, 5.41) is 8.36. The van der Waals surface area contributed by atoms with Crippen molar-refractivity contribution in [1.29, 1.82) is 0 Å². The number of fused-ring (bicyclic) bond motifs is 1. The number of hydrogen-bond acceptors (Lipinski definition) is 1. The van der Waals surface area contributed by atoms with E-state index in [1.54, 1.807) is 0 Å². The molecule has 118 valence electrons. The Morgan fingerprint density at radius 3 is 2.77 bits per heavy atom. The monoisotopic (exact) mass is 315 g/mol. The van der Waals surface area contributed by atoms with Gasteiger partial charge in [0.15, 0.2) is 5.11 Å². The summed E-state index contributed by atoms with van der Waals surface area (Å²) in [5.74, 6) is 1.34. The molecule has 3 N–H and O–H groups in total. The third kappa shape index (κ3) is 2.50. The number of thiocarbonyl (C=S) groups is 1. The molecule has 4 heteroatoms. The van der Waals surface area contributed by atoms with Gasteiger partial charge in [0.25, 0.3) is 0 Å². The molecule has 0 saturated heterocycles. The van der Waals surface area contributed by atoms with Crippen LogP contribution in [0.15, 0.2) is 24.3 Å². The number of aromatic amines is 1. The number of para-hydroxylation sites is 1. The van der Waals surface area contributed by atoms with E-state index < -0.39 is 0 Å². The van der Waals surface area contributed by atoms with Crippen molar-refractivity contribution >= 4 is 28.2 Å². The molecule has 1 aromatic carbocycles. The molecule has 1 aliphatic rings. The molecule has 3 nitrogen and oxygen atoms in total. The molecule has 3 rings (SSSR count). The summed E-state index contributed by atoms with van der Waals surface area (Å²) in [6.45, 7) is 7.92. The fourth-order valence-corrected chi connectivity index (χ4v) is 4.09. The highest BCUT2D eigenvalue weighted by Crippen LogP contribution is 2.67. The number of aryl methyl sites for hydroxylation is 1. The Bertz CT molecular complexity index is 701. The van der Waals surface area contributed by atoms with Crippen molar-refractivity contribution in [2.75, 3.05) is 13.6 Å². The second-order valence-electron chi connectivity index (χ2n) is 6.91. The average Bonchev–Trinajstić information content (AvgIpc) is 2.86. The van der Waals surface area contributed by atoms with Gasteiger partial charge >= 0.3 is 0 Å². The molecule has 0 aliphatic heterocycles. The van der Waals surface area contributed by atoms with Gasteiger partial charge in [-0.3, -0.25) is 0 Å². The molecular formula is C18H25N3S. The summed E-state index contributed by atoms with van der Waals surface area (Å²) in [4.78, 5) is 3.54. The summed E-state index contributed by atoms with van der Waals surface area (Å²) in [7, 11) is 1.86. The van der Waals surface area contributed by atoms with E-state index in [1.807, 2.05) is 7.05 Å². The molecule has 0 bridgehead atoms. The van der Waals surface area contributed by atoms with Gasteiger partial charge in [-0.2, -0.15) is 0 Å². The Labute approximate surface area is 137 Å². The van der Waals surface area contributed by atoms with Gasteiger partial charge in [-0.25, -0.2) is 0 Å². The summed E-state index contributed by atoms with van der Waals surface area (Å²) in [5.41, 5.74) is 4.45. The van der Waals surface area contributed by atoms with Crippen LogP contribution in [0.3, 0.4) is 0 Å². The fraction of sp³-hybridized carbons (Fsp3) is 0.500. The number of hydrogen-bond donors (Lipinski definition) is 3. The van der Waals surface area contributed by atoms with Gasteiger partial charge in [0.05, 0.1) is 0 Å². The zero-order chi connectivity index (χ0) is 15.9. The SMILES string of the molecule is CNC(=S)NCC[C@H]1[C@@H](c2c(C)[nH]c3ccccc23)C1(C)C. The standard InChI is InChI=1S/C18H25N3S/c1-11-15(12-7-5-6-8-14(12)21-11)16-13(18(16,2)3)9-10-20-17(22)19-4/h5-8,13,16,21H,9-10H2,1-4H3,(H2,19,20,22)/t13-,16-/m0/s1. The topological polar surface area (TPSA) is 39.8 Å². The van der Waals surface area contributed by atoms with E-state index in [4.69, 9.17) is 12.2 Å². The lowest BCUT2D eigenvalue weighted by Gasteiger charge is -2.07. The van der Waals surface area contributed by atoms with E-state index in [0.29, 0.717) is 17.3 Å². The summed E-state index contributed by atoms with van der Waals surface area (Å²) < 4.78 is 0. The minimum Gasteiger partial charge on any atom is -0.366 e. The second kappa shape index (κ2) is 5.58. The van der Waals surface area contributed by atoms with Gasteiger partial charge in [0, 0.05) is 30.2 Å². The normalized spacial score (nSPS) is 22.5. The molecule has 0 unspecified atom stereocenters. The molecule has 0 spiro atoms. The zero-order valence-electron chi connectivity index (χ0n) is 13.8. The van der Waals surface area contributed by atoms with Crippen LogP contribution in [0.2, 0.25) is 0 Å². The van der Waals surface area contributed by atoms with Gasteiger partial charge in [-0.05, 0) is 54.4 Å². The molecule has 1 aliphatic carbocycles. The van der Waals surface area contributed by atoms with Crippen LogP contribution in [-0.2, 0) is 0 Å². The molecule has 1 fully saturated rings. The summed E-state index contributed by atoms with van der Waals surface area (Å²) in [6.07, 6.45) is 1.15. The first-order valence-corrected chi connectivity index (χ1v) is 8.40. The molecule has 2 aromatic rings. The first kappa shape index (κ1) is 15.3. The van der Waals surface area contributed by atoms with Crippen LogP contribution in [0.4, 0.5) is 0 Å². The van der Waals surface area contributed by atoms with Gasteiger partial charge < -0.3 is 15.6 Å². The summed E-state index contributed by atoms with van der Waals surface area (Å²) in [6, 6.07) is 8.65. The first-order chi connectivity index (χ1) is 10.5. The van der Waals surface area contributed by atoms with Crippen LogP contribution in [-0.4, -0.2) is 23.7 Å². The molecule has 0 radical (unpaired) electrons. The fourth-order valence-electron chi connectivity index (χ4n) is 3.98. The third-order valence-electron chi connectivity index (χ3n) is 5.27. The minimum absolute atomic E-state index is 0.360. The highest BCUT2D eigenvalue weighted by molar-refractivity contribution is 7.80. The number of nitrogens with one attached hydrogen (secondary N) is 3. The van der Waals surface area contributed by atoms with E-state index in [2.05, 4.69) is 60.7 Å². The van der Waals surface area contributed by atoms with Gasteiger partial charge in [0.1, 0.15) is 0 Å². The van der Waals surface area contributed by atoms with E-state index >= 15 is 0 Å². The van der Waals surface area contributed by atoms with Crippen molar-refractivity contribution in [2.24, 2.45) is 11.3 Å². The first-order valence-electron chi connectivity index (χ1n) is 7.99. The molecule has 22 heavy (non-hydrogen) atoms. The van der Waals surface area contributed by atoms with Gasteiger partial charge in [-0.1, -0.05) is 32.0 Å². The van der Waals surface area contributed by atoms with Crippen LogP contribution < -0.4 is 10.6 Å². The van der Waals surface area contributed by atoms with Crippen molar-refractivity contribution < 1.29 is 0 Å². The average molecular weight is 315 g/mol. The second-order valence-corrected chi connectivity index (χ2v) is 7.32. The van der Waals surface area contributed by atoms with Crippen LogP contribution >= 0.6 is 12.2 Å². The number of rotatable bonds is 4. The Hall–Kier alpha value is -1.55. The van der Waals surface area contributed by atoms with Crippen molar-refractivity contribution in [2.45, 2.75) is 33.1 Å². The number of H-pyrrole nitrogens is 1. The molecule has 1 aromatic heterocycles. The van der Waals surface area contributed by atoms with Crippen LogP contribution in [0.5, 0.6) is 0 Å². The predicted molar refractivity (Wildman–Crippen MR) is 97.3 cm³/mol. The largest absolute Gasteiger partial charge is 0.366 e. The van der Waals surface area contributed by atoms with Gasteiger partial charge in [-0.15, -0.1) is 0 Å². The maximum atomic E-state index is 5.15. The Balaban J connectivity index is 1.79. The molecule has 1 heterocycles. The van der Waals surface area contributed by atoms with E-state index in [9.17, 15) is 0 Å². The molecular weight excluding hydrogens is 290 g/mol. The number of benzene rings is 1. The number of aromatic nitrogens is 1. The van der Waals surface area contributed by atoms with Crippen molar-refractivity contribution in [3.05, 3.63) is 35.5 Å². The lowest BCUT2D eigenvalue weighted by atomic mass is 10.0. The highest BCUT2D eigenvalue weighted by Gasteiger charge is 2.58. The molecule has 2 atom stereocenters. The Kier molecular flexibility index (Phi) is 3.89. The van der Waals surface area contributed by atoms with E-state index in [-0.39, 0.29) is 0 Å². The smallest absolute Gasteiger partial charge is 0.166 e. The maximum absolute atomic E-state index is 5.15. The molecule has 1 saturated carbocycles. The highest BCUT2D eigenvalue weighted by atomic mass is 32.1. The lowest BCUT2D eigenvalue weighted by molar-refractivity contribution is 0.527. The van der Waals surface area contributed by atoms with Gasteiger partial charge in [0.2, 0.25) is 0 Å². The van der Waals surface area contributed by atoms with Crippen molar-refractivity contribution in [1.82, 2.24) is 15.6 Å². The third-order valence-corrected chi connectivity index (χ3v) is 5.62. The van der Waals surface area contributed by atoms with Crippen molar-refractivity contribution in [3.63, 3.8) is 0 Å².